The second kappa shape index (κ2) is 8.05. The van der Waals surface area contributed by atoms with Gasteiger partial charge in [0, 0.05) is 19.7 Å². The van der Waals surface area contributed by atoms with Gasteiger partial charge in [0.05, 0.1) is 6.54 Å². The van der Waals surface area contributed by atoms with Gasteiger partial charge in [0.15, 0.2) is 5.69 Å². The quantitative estimate of drug-likeness (QED) is 0.611. The topological polar surface area (TPSA) is 97.9 Å². The predicted octanol–water partition coefficient (Wildman–Crippen LogP) is 1.85. The van der Waals surface area contributed by atoms with Gasteiger partial charge in [-0.3, -0.25) is 14.5 Å². The van der Waals surface area contributed by atoms with E-state index in [9.17, 15) is 27.2 Å². The van der Waals surface area contributed by atoms with Crippen LogP contribution in [0.2, 0.25) is 0 Å². The lowest BCUT2D eigenvalue weighted by molar-refractivity contribution is -0.141. The van der Waals surface area contributed by atoms with E-state index in [1.165, 1.54) is 30.2 Å². The van der Waals surface area contributed by atoms with Gasteiger partial charge in [-0.1, -0.05) is 12.1 Å². The minimum atomic E-state index is -4.63. The first kappa shape index (κ1) is 21.5. The number of hydrogen-bond donors (Lipinski definition) is 1. The molecule has 9 nitrogen and oxygen atoms in total. The zero-order valence-corrected chi connectivity index (χ0v) is 16.7. The van der Waals surface area contributed by atoms with Crippen LogP contribution in [0.25, 0.3) is 0 Å². The number of aryl methyl sites for hydroxylation is 1. The number of nitrogens with one attached hydrogen (secondary N) is 1. The highest BCUT2D eigenvalue weighted by Gasteiger charge is 2.38. The average molecular weight is 451 g/mol. The first-order valence-corrected chi connectivity index (χ1v) is 9.49. The molecule has 1 aliphatic rings. The van der Waals surface area contributed by atoms with Crippen molar-refractivity contribution in [1.29, 1.82) is 0 Å². The molecule has 2 amide bonds. The largest absolute Gasteiger partial charge is 0.435 e. The van der Waals surface area contributed by atoms with E-state index in [-0.39, 0.29) is 31.2 Å². The average Bonchev–Trinajstić information content (AvgIpc) is 3.35. The highest BCUT2D eigenvalue weighted by atomic mass is 19.4. The number of aromatic nitrogens is 5. The summed E-state index contributed by atoms with van der Waals surface area (Å²) in [5.41, 5.74) is -0.474. The fourth-order valence-corrected chi connectivity index (χ4v) is 3.36. The van der Waals surface area contributed by atoms with Crippen LogP contribution in [0.3, 0.4) is 0 Å². The number of benzene rings is 1. The smallest absolute Gasteiger partial charge is 0.337 e. The molecule has 0 radical (unpaired) electrons. The molecule has 1 aromatic carbocycles. The van der Waals surface area contributed by atoms with E-state index in [0.717, 1.165) is 15.6 Å². The van der Waals surface area contributed by atoms with Crippen LogP contribution in [0.5, 0.6) is 0 Å². The second-order valence-electron chi connectivity index (χ2n) is 7.22. The lowest BCUT2D eigenvalue weighted by Crippen LogP contribution is -2.47. The third kappa shape index (κ3) is 4.31. The first-order valence-electron chi connectivity index (χ1n) is 9.49. The Bertz CT molecular complexity index is 1170. The molecule has 3 aromatic rings. The molecule has 0 fully saturated rings. The highest BCUT2D eigenvalue weighted by Crippen LogP contribution is 2.32. The fourth-order valence-electron chi connectivity index (χ4n) is 3.36. The number of amides is 2. The van der Waals surface area contributed by atoms with Crippen molar-refractivity contribution in [2.24, 2.45) is 0 Å². The number of carbonyl (C=O) groups is 2. The molecule has 1 N–H and O–H groups in total. The Morgan fingerprint density at radius 2 is 2.03 bits per heavy atom. The minimum absolute atomic E-state index is 0.00607. The summed E-state index contributed by atoms with van der Waals surface area (Å²) in [4.78, 5) is 30.2. The summed E-state index contributed by atoms with van der Waals surface area (Å²) in [6.45, 7) is 0.180. The number of halogens is 4. The van der Waals surface area contributed by atoms with Crippen molar-refractivity contribution >= 4 is 17.6 Å². The van der Waals surface area contributed by atoms with Gasteiger partial charge in [-0.25, -0.2) is 18.7 Å². The molecule has 3 heterocycles. The summed E-state index contributed by atoms with van der Waals surface area (Å²) in [7, 11) is 1.31. The lowest BCUT2D eigenvalue weighted by atomic mass is 10.2. The molecule has 1 aliphatic heterocycles. The van der Waals surface area contributed by atoms with Crippen molar-refractivity contribution in [1.82, 2.24) is 29.9 Å². The standard InChI is InChI=1S/C19H17F4N7O2/c1-28-15-8-14(19(21,22)23)26-30(15)6-5-13(18(28)32)25-17(31)16-24-10-29(27-16)9-11-3-2-4-12(20)7-11/h2-4,7-8,10,13H,5-6,9H2,1H3,(H,25,31). The van der Waals surface area contributed by atoms with E-state index in [4.69, 9.17) is 0 Å². The van der Waals surface area contributed by atoms with E-state index in [0.29, 0.717) is 5.56 Å². The molecular weight excluding hydrogens is 434 g/mol. The van der Waals surface area contributed by atoms with Crippen molar-refractivity contribution in [2.75, 3.05) is 11.9 Å². The van der Waals surface area contributed by atoms with Crippen LogP contribution < -0.4 is 10.2 Å². The number of rotatable bonds is 4. The molecule has 1 unspecified atom stereocenters. The second-order valence-corrected chi connectivity index (χ2v) is 7.22. The summed E-state index contributed by atoms with van der Waals surface area (Å²) in [5, 5.41) is 10.1. The molecule has 1 atom stereocenters. The van der Waals surface area contributed by atoms with Crippen molar-refractivity contribution in [2.45, 2.75) is 31.7 Å². The van der Waals surface area contributed by atoms with Crippen molar-refractivity contribution in [3.05, 3.63) is 59.6 Å². The van der Waals surface area contributed by atoms with Gasteiger partial charge in [0.25, 0.3) is 11.8 Å². The zero-order valence-electron chi connectivity index (χ0n) is 16.7. The van der Waals surface area contributed by atoms with Gasteiger partial charge in [0.1, 0.15) is 24.0 Å². The fraction of sp³-hybridized carbons (Fsp3) is 0.316. The monoisotopic (exact) mass is 451 g/mol. The van der Waals surface area contributed by atoms with E-state index in [2.05, 4.69) is 20.5 Å². The predicted molar refractivity (Wildman–Crippen MR) is 102 cm³/mol. The van der Waals surface area contributed by atoms with Crippen LogP contribution in [0.15, 0.2) is 36.7 Å². The van der Waals surface area contributed by atoms with E-state index in [1.807, 2.05) is 0 Å². The van der Waals surface area contributed by atoms with E-state index >= 15 is 0 Å². The molecular formula is C19H17F4N7O2. The first-order chi connectivity index (χ1) is 15.1. The van der Waals surface area contributed by atoms with Crippen LogP contribution in [0, 0.1) is 5.82 Å². The maximum Gasteiger partial charge on any atom is 0.435 e. The molecule has 0 spiro atoms. The van der Waals surface area contributed by atoms with Crippen molar-refractivity contribution in [3.8, 4) is 0 Å². The Balaban J connectivity index is 1.44. The highest BCUT2D eigenvalue weighted by molar-refractivity contribution is 6.00. The third-order valence-corrected chi connectivity index (χ3v) is 4.93. The van der Waals surface area contributed by atoms with E-state index in [1.54, 1.807) is 12.1 Å². The van der Waals surface area contributed by atoms with Gasteiger partial charge < -0.3 is 5.32 Å². The number of fused-ring (bicyclic) bond motifs is 1. The van der Waals surface area contributed by atoms with Gasteiger partial charge in [-0.05, 0) is 24.1 Å². The summed E-state index contributed by atoms with van der Waals surface area (Å²) >= 11 is 0. The van der Waals surface area contributed by atoms with Gasteiger partial charge in [-0.2, -0.15) is 18.3 Å². The SMILES string of the molecule is CN1C(=O)C(NC(=O)c2ncn(Cc3cccc(F)c3)n2)CCn2nc(C(F)(F)F)cc21. The summed E-state index contributed by atoms with van der Waals surface area (Å²) in [5.74, 6) is -1.93. The molecule has 0 aliphatic carbocycles. The minimum Gasteiger partial charge on any atom is -0.337 e. The molecule has 0 bridgehead atoms. The van der Waals surface area contributed by atoms with Gasteiger partial charge in [0.2, 0.25) is 5.82 Å². The lowest BCUT2D eigenvalue weighted by Gasteiger charge is -2.19. The summed E-state index contributed by atoms with van der Waals surface area (Å²) in [6.07, 6.45) is -3.30. The van der Waals surface area contributed by atoms with Crippen LogP contribution in [0.4, 0.5) is 23.4 Å². The summed E-state index contributed by atoms with van der Waals surface area (Å²) < 4.78 is 54.5. The third-order valence-electron chi connectivity index (χ3n) is 4.93. The molecule has 32 heavy (non-hydrogen) atoms. The van der Waals surface area contributed by atoms with Crippen molar-refractivity contribution in [3.63, 3.8) is 0 Å². The van der Waals surface area contributed by atoms with Gasteiger partial charge in [-0.15, -0.1) is 5.10 Å². The number of carbonyl (C=O) groups excluding carboxylic acids is 2. The number of alkyl halides is 3. The Hall–Kier alpha value is -3.77. The van der Waals surface area contributed by atoms with Crippen molar-refractivity contribution < 1.29 is 27.2 Å². The Labute approximate surface area is 178 Å². The van der Waals surface area contributed by atoms with Crippen LogP contribution >= 0.6 is 0 Å². The molecule has 4 rings (SSSR count). The van der Waals surface area contributed by atoms with Crippen LogP contribution in [-0.4, -0.2) is 49.4 Å². The maximum atomic E-state index is 13.3. The summed E-state index contributed by atoms with van der Waals surface area (Å²) in [6, 6.07) is 5.66. The van der Waals surface area contributed by atoms with Gasteiger partial charge >= 0.3 is 6.18 Å². The maximum absolute atomic E-state index is 13.3. The van der Waals surface area contributed by atoms with Crippen LogP contribution in [0.1, 0.15) is 28.3 Å². The molecule has 2 aromatic heterocycles. The number of anilines is 1. The Morgan fingerprint density at radius 3 is 2.75 bits per heavy atom. The molecule has 0 saturated heterocycles. The molecule has 13 heteroatoms. The number of likely N-dealkylation sites (N-methyl/N-ethyl adjacent to an activating group) is 1. The Kier molecular flexibility index (Phi) is 5.40. The van der Waals surface area contributed by atoms with E-state index < -0.39 is 35.5 Å². The Morgan fingerprint density at radius 1 is 1.25 bits per heavy atom. The molecule has 0 saturated carbocycles. The number of hydrogen-bond acceptors (Lipinski definition) is 5. The normalized spacial score (nSPS) is 16.6. The van der Waals surface area contributed by atoms with Crippen LogP contribution in [-0.2, 0) is 24.1 Å². The number of nitrogens with zero attached hydrogens (tertiary/aromatic N) is 6. The molecule has 168 valence electrons. The zero-order chi connectivity index (χ0) is 23.0.